The van der Waals surface area contributed by atoms with Crippen LogP contribution in [0.5, 0.6) is 0 Å². The van der Waals surface area contributed by atoms with Crippen molar-refractivity contribution in [1.82, 2.24) is 5.32 Å². The number of hydrogen-bond acceptors (Lipinski definition) is 3. The summed E-state index contributed by atoms with van der Waals surface area (Å²) in [5, 5.41) is 16.1. The number of aliphatic imine (C=N–C) groups is 1. The van der Waals surface area contributed by atoms with Gasteiger partial charge in [-0.15, -0.1) is 0 Å². The third-order valence-corrected chi connectivity index (χ3v) is 3.86. The van der Waals surface area contributed by atoms with Crippen molar-refractivity contribution in [2.75, 3.05) is 5.32 Å². The molecule has 0 radical (unpaired) electrons. The quantitative estimate of drug-likeness (QED) is 0.317. The van der Waals surface area contributed by atoms with Crippen LogP contribution in [0.1, 0.15) is 15.9 Å². The first kappa shape index (κ1) is 18.5. The maximum absolute atomic E-state index is 11.4. The highest BCUT2D eigenvalue weighted by molar-refractivity contribution is 6.31. The SMILES string of the molecule is O=Cc1cc(Cl)ccc1N=C(NC1=C=C=CC=C1)Nc1cccc(CO)c1. The monoisotopic (exact) mass is 377 g/mol. The summed E-state index contributed by atoms with van der Waals surface area (Å²) in [6.07, 6.45) is 6.09. The van der Waals surface area contributed by atoms with Crippen LogP contribution in [0.3, 0.4) is 0 Å². The molecule has 0 unspecified atom stereocenters. The normalized spacial score (nSPS) is 12.7. The van der Waals surface area contributed by atoms with Crippen LogP contribution in [-0.4, -0.2) is 17.4 Å². The maximum Gasteiger partial charge on any atom is 0.206 e. The second-order valence-corrected chi connectivity index (χ2v) is 6.04. The van der Waals surface area contributed by atoms with Gasteiger partial charge in [0, 0.05) is 16.3 Å². The first-order chi connectivity index (χ1) is 13.2. The van der Waals surface area contributed by atoms with E-state index in [1.807, 2.05) is 30.4 Å². The lowest BCUT2D eigenvalue weighted by Gasteiger charge is -2.13. The van der Waals surface area contributed by atoms with Crippen molar-refractivity contribution >= 4 is 35.2 Å². The van der Waals surface area contributed by atoms with Gasteiger partial charge in [0.05, 0.1) is 18.0 Å². The first-order valence-corrected chi connectivity index (χ1v) is 8.51. The van der Waals surface area contributed by atoms with Crippen molar-refractivity contribution in [3.05, 3.63) is 94.0 Å². The Labute approximate surface area is 161 Å². The van der Waals surface area contributed by atoms with Gasteiger partial charge in [0.15, 0.2) is 6.29 Å². The molecule has 0 fully saturated rings. The summed E-state index contributed by atoms with van der Waals surface area (Å²) in [5.74, 6) is 0.381. The van der Waals surface area contributed by atoms with Gasteiger partial charge in [0.2, 0.25) is 5.96 Å². The number of nitrogens with one attached hydrogen (secondary N) is 2. The molecule has 2 aromatic carbocycles. The fourth-order valence-corrected chi connectivity index (χ4v) is 2.55. The van der Waals surface area contributed by atoms with Crippen LogP contribution in [0.15, 0.2) is 82.8 Å². The summed E-state index contributed by atoms with van der Waals surface area (Å²) in [5.41, 5.74) is 8.79. The number of carbonyl (C=O) groups is 1. The van der Waals surface area contributed by atoms with Crippen molar-refractivity contribution in [2.24, 2.45) is 4.99 Å². The lowest BCUT2D eigenvalue weighted by molar-refractivity contribution is 0.112. The molecule has 27 heavy (non-hydrogen) atoms. The number of halogens is 1. The molecule has 0 spiro atoms. The van der Waals surface area contributed by atoms with E-state index in [-0.39, 0.29) is 6.61 Å². The summed E-state index contributed by atoms with van der Waals surface area (Å²) in [4.78, 5) is 15.9. The molecule has 0 atom stereocenters. The van der Waals surface area contributed by atoms with Gasteiger partial charge in [-0.3, -0.25) is 4.79 Å². The molecule has 134 valence electrons. The number of nitrogens with zero attached hydrogens (tertiary/aromatic N) is 1. The number of hydrogen-bond donors (Lipinski definition) is 3. The molecule has 6 heteroatoms. The number of guanidine groups is 1. The van der Waals surface area contributed by atoms with Crippen LogP contribution in [-0.2, 0) is 6.61 Å². The minimum absolute atomic E-state index is 0.0661. The topological polar surface area (TPSA) is 73.7 Å². The lowest BCUT2D eigenvalue weighted by atomic mass is 10.2. The van der Waals surface area contributed by atoms with Gasteiger partial charge in [-0.05, 0) is 53.8 Å². The molecule has 2 aromatic rings. The van der Waals surface area contributed by atoms with Gasteiger partial charge < -0.3 is 15.7 Å². The molecule has 0 aliphatic heterocycles. The Balaban J connectivity index is 1.98. The Kier molecular flexibility index (Phi) is 6.06. The lowest BCUT2D eigenvalue weighted by Crippen LogP contribution is -2.29. The Morgan fingerprint density at radius 2 is 2.11 bits per heavy atom. The maximum atomic E-state index is 11.4. The van der Waals surface area contributed by atoms with Crippen molar-refractivity contribution in [3.8, 4) is 0 Å². The highest BCUT2D eigenvalue weighted by Crippen LogP contribution is 2.22. The molecule has 3 N–H and O–H groups in total. The van der Waals surface area contributed by atoms with E-state index in [0.717, 1.165) is 11.3 Å². The molecule has 0 amide bonds. The minimum Gasteiger partial charge on any atom is -0.392 e. The highest BCUT2D eigenvalue weighted by atomic mass is 35.5. The number of aldehydes is 1. The average molecular weight is 378 g/mol. The van der Waals surface area contributed by atoms with E-state index in [1.54, 1.807) is 30.3 Å². The fourth-order valence-electron chi connectivity index (χ4n) is 2.37. The second kappa shape index (κ2) is 8.86. The molecular weight excluding hydrogens is 362 g/mol. The molecule has 0 saturated heterocycles. The van der Waals surface area contributed by atoms with E-state index in [1.165, 1.54) is 0 Å². The molecule has 5 nitrogen and oxygen atoms in total. The summed E-state index contributed by atoms with van der Waals surface area (Å²) in [6.45, 7) is -0.0661. The zero-order valence-electron chi connectivity index (χ0n) is 14.2. The fraction of sp³-hybridized carbons (Fsp3) is 0.0476. The summed E-state index contributed by atoms with van der Waals surface area (Å²) in [6, 6.07) is 12.2. The number of benzene rings is 2. The average Bonchev–Trinajstić information content (AvgIpc) is 2.70. The Morgan fingerprint density at radius 3 is 2.85 bits per heavy atom. The first-order valence-electron chi connectivity index (χ1n) is 8.13. The van der Waals surface area contributed by atoms with E-state index in [2.05, 4.69) is 27.1 Å². The molecule has 1 aliphatic rings. The third-order valence-electron chi connectivity index (χ3n) is 3.62. The largest absolute Gasteiger partial charge is 0.392 e. The third kappa shape index (κ3) is 5.08. The molecule has 3 rings (SSSR count). The van der Waals surface area contributed by atoms with E-state index < -0.39 is 0 Å². The number of aliphatic hydroxyl groups excluding tert-OH is 1. The van der Waals surface area contributed by atoms with Gasteiger partial charge in [-0.25, -0.2) is 4.99 Å². The van der Waals surface area contributed by atoms with Crippen LogP contribution in [0.25, 0.3) is 0 Å². The Hall–Kier alpha value is -3.33. The van der Waals surface area contributed by atoms with E-state index in [4.69, 9.17) is 11.6 Å². The Morgan fingerprint density at radius 1 is 1.22 bits per heavy atom. The molecule has 0 aromatic heterocycles. The van der Waals surface area contributed by atoms with E-state index >= 15 is 0 Å². The highest BCUT2D eigenvalue weighted by Gasteiger charge is 2.07. The number of aliphatic hydroxyl groups is 1. The molecule has 0 saturated carbocycles. The Bertz CT molecular complexity index is 1030. The van der Waals surface area contributed by atoms with Crippen molar-refractivity contribution < 1.29 is 9.90 Å². The van der Waals surface area contributed by atoms with Gasteiger partial charge in [-0.1, -0.05) is 35.5 Å². The predicted octanol–water partition coefficient (Wildman–Crippen LogP) is 4.10. The number of rotatable bonds is 5. The van der Waals surface area contributed by atoms with Gasteiger partial charge >= 0.3 is 0 Å². The second-order valence-electron chi connectivity index (χ2n) is 5.60. The van der Waals surface area contributed by atoms with Crippen LogP contribution in [0.4, 0.5) is 11.4 Å². The van der Waals surface area contributed by atoms with Crippen LogP contribution in [0.2, 0.25) is 5.02 Å². The van der Waals surface area contributed by atoms with Crippen molar-refractivity contribution in [1.29, 1.82) is 0 Å². The molecule has 0 heterocycles. The zero-order chi connectivity index (χ0) is 19.1. The van der Waals surface area contributed by atoms with Gasteiger partial charge in [0.1, 0.15) is 0 Å². The van der Waals surface area contributed by atoms with E-state index in [0.29, 0.717) is 34.2 Å². The number of allylic oxidation sites excluding steroid dienone is 3. The molecule has 1 aliphatic carbocycles. The number of anilines is 1. The summed E-state index contributed by atoms with van der Waals surface area (Å²) in [7, 11) is 0. The van der Waals surface area contributed by atoms with Gasteiger partial charge in [0.25, 0.3) is 0 Å². The van der Waals surface area contributed by atoms with Crippen LogP contribution < -0.4 is 10.6 Å². The summed E-state index contributed by atoms with van der Waals surface area (Å²) >= 11 is 5.95. The predicted molar refractivity (Wildman–Crippen MR) is 107 cm³/mol. The molecular formula is C21H16ClN3O2. The smallest absolute Gasteiger partial charge is 0.206 e. The van der Waals surface area contributed by atoms with E-state index in [9.17, 15) is 9.90 Å². The van der Waals surface area contributed by atoms with Crippen LogP contribution in [0, 0.1) is 0 Å². The van der Waals surface area contributed by atoms with Crippen molar-refractivity contribution in [2.45, 2.75) is 6.61 Å². The summed E-state index contributed by atoms with van der Waals surface area (Å²) < 4.78 is 0. The zero-order valence-corrected chi connectivity index (χ0v) is 15.0. The minimum atomic E-state index is -0.0661. The van der Waals surface area contributed by atoms with Crippen molar-refractivity contribution in [3.63, 3.8) is 0 Å². The van der Waals surface area contributed by atoms with Gasteiger partial charge in [-0.2, -0.15) is 0 Å². The number of carbonyl (C=O) groups excluding carboxylic acids is 1. The van der Waals surface area contributed by atoms with Crippen LogP contribution >= 0.6 is 11.6 Å². The molecule has 0 bridgehead atoms. The standard InChI is InChI=1S/C21H16ClN3O2/c22-17-9-10-20(16(12-17)14-27)25-21(23-18-6-2-1-3-7-18)24-19-8-4-5-15(11-19)13-26/h1-2,4-6,8-12,14,26H,13H2,(H2,23,24,25).